The molecule has 92 valence electrons. The van der Waals surface area contributed by atoms with Crippen molar-refractivity contribution in [2.45, 2.75) is 27.7 Å². The van der Waals surface area contributed by atoms with E-state index in [1.54, 1.807) is 27.7 Å². The van der Waals surface area contributed by atoms with Crippen LogP contribution in [-0.2, 0) is 4.79 Å². The van der Waals surface area contributed by atoms with Crippen molar-refractivity contribution in [2.75, 3.05) is 5.32 Å². The van der Waals surface area contributed by atoms with E-state index >= 15 is 0 Å². The second kappa shape index (κ2) is 4.70. The van der Waals surface area contributed by atoms with Crippen molar-refractivity contribution in [3.63, 3.8) is 0 Å². The van der Waals surface area contributed by atoms with E-state index in [1.807, 2.05) is 0 Å². The molecule has 1 amide bonds. The van der Waals surface area contributed by atoms with Crippen LogP contribution >= 0.6 is 12.2 Å². The van der Waals surface area contributed by atoms with Crippen molar-refractivity contribution < 1.29 is 4.79 Å². The van der Waals surface area contributed by atoms with Gasteiger partial charge in [-0.05, 0) is 27.7 Å². The number of nitrogens with zero attached hydrogens (tertiary/aromatic N) is 3. The lowest BCUT2D eigenvalue weighted by Gasteiger charge is -2.21. The standard InChI is InChI=1S/C10H15N5OS/c1-5-6(2)14-15-9(12-5)13-8(16)10(3,4)7(11)17/h1-4H3,(H2,11,17)(H,12,13,15,16). The van der Waals surface area contributed by atoms with Crippen LogP contribution in [-0.4, -0.2) is 26.1 Å². The molecule has 1 aromatic heterocycles. The zero-order valence-electron chi connectivity index (χ0n) is 10.2. The van der Waals surface area contributed by atoms with Crippen molar-refractivity contribution in [3.05, 3.63) is 11.4 Å². The minimum atomic E-state index is -0.947. The molecule has 0 radical (unpaired) electrons. The van der Waals surface area contributed by atoms with Crippen molar-refractivity contribution in [1.29, 1.82) is 0 Å². The van der Waals surface area contributed by atoms with Gasteiger partial charge in [0, 0.05) is 0 Å². The third-order valence-corrected chi connectivity index (χ3v) is 3.01. The maximum atomic E-state index is 11.9. The molecule has 6 nitrogen and oxygen atoms in total. The van der Waals surface area contributed by atoms with Crippen LogP contribution in [0.4, 0.5) is 5.95 Å². The summed E-state index contributed by atoms with van der Waals surface area (Å²) >= 11 is 4.83. The maximum absolute atomic E-state index is 11.9. The van der Waals surface area contributed by atoms with Gasteiger partial charge in [0.15, 0.2) is 0 Å². The minimum absolute atomic E-state index is 0.117. The molecule has 0 aliphatic rings. The molecule has 0 spiro atoms. The summed E-state index contributed by atoms with van der Waals surface area (Å²) in [6.07, 6.45) is 0. The molecular formula is C10H15N5OS. The van der Waals surface area contributed by atoms with E-state index in [0.29, 0.717) is 5.69 Å². The second-order valence-corrected chi connectivity index (χ2v) is 4.69. The quantitative estimate of drug-likeness (QED) is 0.772. The van der Waals surface area contributed by atoms with Crippen molar-refractivity contribution in [3.8, 4) is 0 Å². The molecule has 1 heterocycles. The monoisotopic (exact) mass is 253 g/mol. The summed E-state index contributed by atoms with van der Waals surface area (Å²) in [5.41, 5.74) is 5.98. The number of aryl methyl sites for hydroxylation is 2. The van der Waals surface area contributed by atoms with Gasteiger partial charge in [0.2, 0.25) is 11.9 Å². The predicted molar refractivity (Wildman–Crippen MR) is 68.5 cm³/mol. The first kappa shape index (κ1) is 13.4. The summed E-state index contributed by atoms with van der Waals surface area (Å²) in [7, 11) is 0. The lowest BCUT2D eigenvalue weighted by Crippen LogP contribution is -2.41. The lowest BCUT2D eigenvalue weighted by atomic mass is 9.92. The van der Waals surface area contributed by atoms with Crippen LogP contribution in [0.3, 0.4) is 0 Å². The van der Waals surface area contributed by atoms with E-state index in [0.717, 1.165) is 5.69 Å². The molecule has 0 aliphatic carbocycles. The summed E-state index contributed by atoms with van der Waals surface area (Å²) in [5.74, 6) is -0.197. The van der Waals surface area contributed by atoms with Crippen LogP contribution in [0.15, 0.2) is 0 Å². The highest BCUT2D eigenvalue weighted by atomic mass is 32.1. The molecule has 0 bridgehead atoms. The van der Waals surface area contributed by atoms with Gasteiger partial charge < -0.3 is 5.73 Å². The number of anilines is 1. The van der Waals surface area contributed by atoms with E-state index < -0.39 is 5.41 Å². The van der Waals surface area contributed by atoms with Gasteiger partial charge in [-0.25, -0.2) is 4.98 Å². The highest BCUT2D eigenvalue weighted by Gasteiger charge is 2.31. The lowest BCUT2D eigenvalue weighted by molar-refractivity contribution is -0.121. The summed E-state index contributed by atoms with van der Waals surface area (Å²) in [6.45, 7) is 6.86. The highest BCUT2D eigenvalue weighted by Crippen LogP contribution is 2.17. The summed E-state index contributed by atoms with van der Waals surface area (Å²) in [4.78, 5) is 16.1. The molecule has 0 unspecified atom stereocenters. The molecule has 0 saturated carbocycles. The Kier molecular flexibility index (Phi) is 3.72. The van der Waals surface area contributed by atoms with Crippen molar-refractivity contribution >= 4 is 29.1 Å². The first-order chi connectivity index (χ1) is 7.75. The SMILES string of the molecule is Cc1nnc(NC(=O)C(C)(C)C(N)=S)nc1C. The summed E-state index contributed by atoms with van der Waals surface area (Å²) < 4.78 is 0. The van der Waals surface area contributed by atoms with Gasteiger partial charge in [-0.2, -0.15) is 5.10 Å². The number of nitrogens with two attached hydrogens (primary N) is 1. The Morgan fingerprint density at radius 1 is 1.29 bits per heavy atom. The van der Waals surface area contributed by atoms with E-state index in [4.69, 9.17) is 18.0 Å². The van der Waals surface area contributed by atoms with Crippen LogP contribution < -0.4 is 11.1 Å². The minimum Gasteiger partial charge on any atom is -0.392 e. The maximum Gasteiger partial charge on any atom is 0.249 e. The number of amides is 1. The largest absolute Gasteiger partial charge is 0.392 e. The number of carbonyl (C=O) groups is 1. The zero-order valence-corrected chi connectivity index (χ0v) is 11.1. The fourth-order valence-corrected chi connectivity index (χ4v) is 0.972. The van der Waals surface area contributed by atoms with E-state index in [2.05, 4.69) is 20.5 Å². The molecular weight excluding hydrogens is 238 g/mol. The van der Waals surface area contributed by atoms with E-state index in [1.165, 1.54) is 0 Å². The molecule has 0 atom stereocenters. The van der Waals surface area contributed by atoms with Crippen LogP contribution in [0.1, 0.15) is 25.2 Å². The van der Waals surface area contributed by atoms with Crippen LogP contribution in [0, 0.1) is 19.3 Å². The van der Waals surface area contributed by atoms with Gasteiger partial charge in [-0.1, -0.05) is 12.2 Å². The molecule has 7 heteroatoms. The molecule has 0 saturated heterocycles. The van der Waals surface area contributed by atoms with Gasteiger partial charge in [-0.15, -0.1) is 5.10 Å². The summed E-state index contributed by atoms with van der Waals surface area (Å²) in [5, 5.41) is 10.2. The average molecular weight is 253 g/mol. The first-order valence-electron chi connectivity index (χ1n) is 5.04. The molecule has 3 N–H and O–H groups in total. The zero-order chi connectivity index (χ0) is 13.2. The average Bonchev–Trinajstić information content (AvgIpc) is 2.23. The second-order valence-electron chi connectivity index (χ2n) is 4.25. The van der Waals surface area contributed by atoms with E-state index in [9.17, 15) is 4.79 Å². The number of carbonyl (C=O) groups excluding carboxylic acids is 1. The Morgan fingerprint density at radius 3 is 2.35 bits per heavy atom. The Bertz CT molecular complexity index is 472. The Labute approximate surface area is 105 Å². The van der Waals surface area contributed by atoms with Crippen LogP contribution in [0.25, 0.3) is 0 Å². The van der Waals surface area contributed by atoms with Gasteiger partial charge in [0.05, 0.1) is 21.8 Å². The first-order valence-corrected chi connectivity index (χ1v) is 5.45. The molecule has 0 aliphatic heterocycles. The highest BCUT2D eigenvalue weighted by molar-refractivity contribution is 7.80. The van der Waals surface area contributed by atoms with Gasteiger partial charge in [0.25, 0.3) is 0 Å². The van der Waals surface area contributed by atoms with Crippen LogP contribution in [0.5, 0.6) is 0 Å². The Hall–Kier alpha value is -1.63. The number of thiocarbonyl (C=S) groups is 1. The normalized spacial score (nSPS) is 11.1. The van der Waals surface area contributed by atoms with Crippen LogP contribution in [0.2, 0.25) is 0 Å². The fraction of sp³-hybridized carbons (Fsp3) is 0.500. The molecule has 0 fully saturated rings. The molecule has 0 aromatic carbocycles. The third kappa shape index (κ3) is 2.94. The number of rotatable bonds is 3. The number of hydrogen-bond acceptors (Lipinski definition) is 5. The molecule has 1 aromatic rings. The molecule has 1 rings (SSSR count). The Morgan fingerprint density at radius 2 is 1.88 bits per heavy atom. The topological polar surface area (TPSA) is 93.8 Å². The van der Waals surface area contributed by atoms with Crippen molar-refractivity contribution in [2.24, 2.45) is 11.1 Å². The number of nitrogens with one attached hydrogen (secondary N) is 1. The number of aromatic nitrogens is 3. The molecule has 17 heavy (non-hydrogen) atoms. The predicted octanol–water partition coefficient (Wildman–Crippen LogP) is 0.739. The fourth-order valence-electron chi connectivity index (χ4n) is 0.879. The Balaban J connectivity index is 2.89. The summed E-state index contributed by atoms with van der Waals surface area (Å²) in [6, 6.07) is 0. The van der Waals surface area contributed by atoms with Crippen molar-refractivity contribution in [1.82, 2.24) is 15.2 Å². The van der Waals surface area contributed by atoms with E-state index in [-0.39, 0.29) is 16.8 Å². The van der Waals surface area contributed by atoms with Gasteiger partial charge in [0.1, 0.15) is 0 Å². The van der Waals surface area contributed by atoms with Gasteiger partial charge in [-0.3, -0.25) is 10.1 Å². The number of hydrogen-bond donors (Lipinski definition) is 2. The third-order valence-electron chi connectivity index (χ3n) is 2.50. The van der Waals surface area contributed by atoms with Gasteiger partial charge >= 0.3 is 0 Å². The smallest absolute Gasteiger partial charge is 0.249 e.